The number of hydrogen-bond acceptors (Lipinski definition) is 2. The van der Waals surface area contributed by atoms with Crippen molar-refractivity contribution in [1.29, 1.82) is 0 Å². The highest BCUT2D eigenvalue weighted by Crippen LogP contribution is 2.46. The van der Waals surface area contributed by atoms with Gasteiger partial charge in [-0.1, -0.05) is 46.1 Å². The van der Waals surface area contributed by atoms with Crippen LogP contribution in [0.3, 0.4) is 0 Å². The number of fused-ring (bicyclic) bond motifs is 2. The lowest BCUT2D eigenvalue weighted by molar-refractivity contribution is 0.361. The smallest absolute Gasteiger partial charge is 0.0750 e. The van der Waals surface area contributed by atoms with Crippen molar-refractivity contribution in [2.24, 2.45) is 0 Å². The maximum absolute atomic E-state index is 6.45. The summed E-state index contributed by atoms with van der Waals surface area (Å²) in [5, 5.41) is 5.10. The van der Waals surface area contributed by atoms with Crippen molar-refractivity contribution >= 4 is 44.8 Å². The Morgan fingerprint density at radius 1 is 1.20 bits per heavy atom. The van der Waals surface area contributed by atoms with Crippen LogP contribution in [-0.2, 0) is 0 Å². The van der Waals surface area contributed by atoms with Gasteiger partial charge in [0.15, 0.2) is 0 Å². The molecule has 0 amide bonds. The van der Waals surface area contributed by atoms with Gasteiger partial charge >= 0.3 is 0 Å². The Morgan fingerprint density at radius 3 is 2.25 bits per heavy atom. The zero-order valence-corrected chi connectivity index (χ0v) is 14.6. The molecule has 20 heavy (non-hydrogen) atoms. The van der Waals surface area contributed by atoms with Crippen LogP contribution in [-0.4, -0.2) is 24.7 Å². The number of hydrogen-bond donors (Lipinski definition) is 1. The summed E-state index contributed by atoms with van der Waals surface area (Å²) < 4.78 is 0.936. The lowest BCUT2D eigenvalue weighted by atomic mass is 9.96. The van der Waals surface area contributed by atoms with Crippen molar-refractivity contribution in [2.45, 2.75) is 50.7 Å². The number of halogens is 3. The van der Waals surface area contributed by atoms with Crippen LogP contribution < -0.4 is 10.2 Å². The van der Waals surface area contributed by atoms with E-state index in [4.69, 9.17) is 23.2 Å². The lowest BCUT2D eigenvalue weighted by Crippen LogP contribution is -2.49. The molecule has 2 bridgehead atoms. The quantitative estimate of drug-likeness (QED) is 0.808. The summed E-state index contributed by atoms with van der Waals surface area (Å²) in [7, 11) is 0. The minimum absolute atomic E-state index is 0.564. The van der Waals surface area contributed by atoms with Gasteiger partial charge in [0, 0.05) is 22.6 Å². The van der Waals surface area contributed by atoms with Gasteiger partial charge in [0.05, 0.1) is 15.7 Å². The van der Waals surface area contributed by atoms with Crippen molar-refractivity contribution in [2.75, 3.05) is 11.4 Å². The standard InChI is InChI=1S/C15H19BrCl2N2/c1-2-19-10-7-11-3-4-12(8-10)20(11)15-13(17)5-9(16)6-14(15)18/h5-6,10-12,19H,2-4,7-8H2,1H3. The normalized spacial score (nSPS) is 29.0. The topological polar surface area (TPSA) is 15.3 Å². The maximum Gasteiger partial charge on any atom is 0.0750 e. The largest absolute Gasteiger partial charge is 0.363 e. The van der Waals surface area contributed by atoms with Crippen molar-refractivity contribution in [3.8, 4) is 0 Å². The number of rotatable bonds is 3. The monoisotopic (exact) mass is 376 g/mol. The third-order valence-corrected chi connectivity index (χ3v) is 5.50. The van der Waals surface area contributed by atoms with Crippen molar-refractivity contribution in [3.05, 3.63) is 26.7 Å². The highest BCUT2D eigenvalue weighted by atomic mass is 79.9. The molecule has 0 saturated carbocycles. The summed E-state index contributed by atoms with van der Waals surface area (Å²) in [5.41, 5.74) is 1.03. The summed E-state index contributed by atoms with van der Waals surface area (Å²) in [5.74, 6) is 0. The van der Waals surface area contributed by atoms with E-state index < -0.39 is 0 Å². The number of nitrogens with one attached hydrogen (secondary N) is 1. The first-order valence-corrected chi connectivity index (χ1v) is 8.81. The van der Waals surface area contributed by atoms with Crippen LogP contribution >= 0.6 is 39.1 Å². The van der Waals surface area contributed by atoms with E-state index in [1.807, 2.05) is 12.1 Å². The molecule has 3 rings (SSSR count). The number of benzene rings is 1. The zero-order chi connectivity index (χ0) is 14.3. The second-order valence-corrected chi connectivity index (χ2v) is 7.47. The molecule has 2 aliphatic heterocycles. The second-order valence-electron chi connectivity index (χ2n) is 5.74. The lowest BCUT2D eigenvalue weighted by Gasteiger charge is -2.41. The van der Waals surface area contributed by atoms with Crippen molar-refractivity contribution in [3.63, 3.8) is 0 Å². The third kappa shape index (κ3) is 2.70. The van der Waals surface area contributed by atoms with Crippen LogP contribution in [0.15, 0.2) is 16.6 Å². The summed E-state index contributed by atoms with van der Waals surface area (Å²) in [6.45, 7) is 3.22. The molecule has 2 nitrogen and oxygen atoms in total. The van der Waals surface area contributed by atoms with Crippen LogP contribution in [0.25, 0.3) is 0 Å². The van der Waals surface area contributed by atoms with E-state index in [1.165, 1.54) is 25.7 Å². The molecule has 2 unspecified atom stereocenters. The molecule has 2 heterocycles. The minimum atomic E-state index is 0.564. The molecule has 1 N–H and O–H groups in total. The SMILES string of the molecule is CCNC1CC2CCC(C1)N2c1c(Cl)cc(Br)cc1Cl. The fraction of sp³-hybridized carbons (Fsp3) is 0.600. The molecular weight excluding hydrogens is 359 g/mol. The van der Waals surface area contributed by atoms with Crippen LogP contribution in [0.1, 0.15) is 32.6 Å². The first-order valence-electron chi connectivity index (χ1n) is 7.26. The molecule has 0 aliphatic carbocycles. The zero-order valence-electron chi connectivity index (χ0n) is 11.5. The van der Waals surface area contributed by atoms with Crippen molar-refractivity contribution < 1.29 is 0 Å². The van der Waals surface area contributed by atoms with E-state index >= 15 is 0 Å². The number of anilines is 1. The Morgan fingerprint density at radius 2 is 1.75 bits per heavy atom. The van der Waals surface area contributed by atoms with E-state index in [-0.39, 0.29) is 0 Å². The highest BCUT2D eigenvalue weighted by Gasteiger charge is 2.41. The Hall–Kier alpha value is 0.0400. The summed E-state index contributed by atoms with van der Waals surface area (Å²) in [6, 6.07) is 5.65. The van der Waals surface area contributed by atoms with Crippen LogP contribution in [0.2, 0.25) is 10.0 Å². The van der Waals surface area contributed by atoms with Gasteiger partial charge in [-0.05, 0) is 44.4 Å². The van der Waals surface area contributed by atoms with Gasteiger partial charge in [0.25, 0.3) is 0 Å². The van der Waals surface area contributed by atoms with Gasteiger partial charge in [-0.3, -0.25) is 0 Å². The van der Waals surface area contributed by atoms with E-state index in [0.717, 1.165) is 26.8 Å². The molecule has 2 aliphatic rings. The Bertz CT molecular complexity index is 472. The van der Waals surface area contributed by atoms with E-state index in [2.05, 4.69) is 33.1 Å². The second kappa shape index (κ2) is 6.04. The van der Waals surface area contributed by atoms with Crippen LogP contribution in [0.5, 0.6) is 0 Å². The average Bonchev–Trinajstić information content (AvgIpc) is 2.62. The first kappa shape index (κ1) is 15.0. The molecular formula is C15H19BrCl2N2. The molecule has 110 valence electrons. The maximum atomic E-state index is 6.45. The summed E-state index contributed by atoms with van der Waals surface area (Å²) in [4.78, 5) is 2.48. The van der Waals surface area contributed by atoms with Crippen LogP contribution in [0.4, 0.5) is 5.69 Å². The van der Waals surface area contributed by atoms with Gasteiger partial charge in [-0.15, -0.1) is 0 Å². The van der Waals surface area contributed by atoms with Gasteiger partial charge in [0.2, 0.25) is 0 Å². The Labute approximate surface area is 138 Å². The number of piperidine rings is 1. The van der Waals surface area contributed by atoms with E-state index in [1.54, 1.807) is 0 Å². The fourth-order valence-electron chi connectivity index (χ4n) is 3.78. The third-order valence-electron chi connectivity index (χ3n) is 4.47. The molecule has 5 heteroatoms. The first-order chi connectivity index (χ1) is 9.60. The molecule has 0 aromatic heterocycles. The van der Waals surface area contributed by atoms with Crippen molar-refractivity contribution in [1.82, 2.24) is 5.32 Å². The minimum Gasteiger partial charge on any atom is -0.363 e. The van der Waals surface area contributed by atoms with Crippen LogP contribution in [0, 0.1) is 0 Å². The molecule has 2 atom stereocenters. The molecule has 0 spiro atoms. The highest BCUT2D eigenvalue weighted by molar-refractivity contribution is 9.10. The molecule has 1 aromatic carbocycles. The van der Waals surface area contributed by atoms with Gasteiger partial charge in [-0.2, -0.15) is 0 Å². The predicted octanol–water partition coefficient (Wildman–Crippen LogP) is 4.87. The summed E-state index contributed by atoms with van der Waals surface area (Å²) >= 11 is 16.4. The molecule has 2 saturated heterocycles. The summed E-state index contributed by atoms with van der Waals surface area (Å²) in [6.07, 6.45) is 4.87. The average molecular weight is 378 g/mol. The Kier molecular flexibility index (Phi) is 4.51. The fourth-order valence-corrected chi connectivity index (χ4v) is 5.18. The van der Waals surface area contributed by atoms with Gasteiger partial charge < -0.3 is 10.2 Å². The Balaban J connectivity index is 1.89. The van der Waals surface area contributed by atoms with E-state index in [9.17, 15) is 0 Å². The van der Waals surface area contributed by atoms with Gasteiger partial charge in [0.1, 0.15) is 0 Å². The predicted molar refractivity (Wildman–Crippen MR) is 90.1 cm³/mol. The molecule has 2 fully saturated rings. The van der Waals surface area contributed by atoms with Gasteiger partial charge in [-0.25, -0.2) is 0 Å². The van der Waals surface area contributed by atoms with E-state index in [0.29, 0.717) is 18.1 Å². The molecule has 1 aromatic rings. The molecule has 0 radical (unpaired) electrons. The number of nitrogens with zero attached hydrogens (tertiary/aromatic N) is 1.